The number of morpholine rings is 1. The van der Waals surface area contributed by atoms with Crippen molar-refractivity contribution in [1.82, 2.24) is 9.97 Å². The monoisotopic (exact) mass is 362 g/mol. The van der Waals surface area contributed by atoms with Gasteiger partial charge in [-0.25, -0.2) is 9.97 Å². The van der Waals surface area contributed by atoms with E-state index in [0.29, 0.717) is 30.4 Å². The number of halogens is 1. The SMILES string of the molecule is O=C(Nc1cnc(N2CCOCC2)nc1)c1ccc(Br)cc1. The lowest BCUT2D eigenvalue weighted by Crippen LogP contribution is -2.37. The minimum absolute atomic E-state index is 0.185. The topological polar surface area (TPSA) is 67.4 Å². The van der Waals surface area contributed by atoms with Crippen LogP contribution in [0.4, 0.5) is 11.6 Å². The standard InChI is InChI=1S/C15H15BrN4O2/c16-12-3-1-11(2-4-12)14(21)19-13-9-17-15(18-10-13)20-5-7-22-8-6-20/h1-4,9-10H,5-8H2,(H,19,21). The minimum Gasteiger partial charge on any atom is -0.378 e. The van der Waals surface area contributed by atoms with Crippen molar-refractivity contribution in [2.75, 3.05) is 36.5 Å². The van der Waals surface area contributed by atoms with E-state index >= 15 is 0 Å². The van der Waals surface area contributed by atoms with Crippen molar-refractivity contribution in [1.29, 1.82) is 0 Å². The molecule has 1 N–H and O–H groups in total. The lowest BCUT2D eigenvalue weighted by molar-refractivity contribution is 0.102. The first-order valence-corrected chi connectivity index (χ1v) is 7.73. The maximum Gasteiger partial charge on any atom is 0.255 e. The number of carbonyl (C=O) groups excluding carboxylic acids is 1. The second-order valence-corrected chi connectivity index (χ2v) is 5.75. The number of nitrogens with one attached hydrogen (secondary N) is 1. The van der Waals surface area contributed by atoms with Gasteiger partial charge < -0.3 is 15.0 Å². The van der Waals surface area contributed by atoms with Gasteiger partial charge in [0, 0.05) is 23.1 Å². The number of nitrogens with zero attached hydrogens (tertiary/aromatic N) is 3. The molecule has 2 heterocycles. The Morgan fingerprint density at radius 1 is 1.14 bits per heavy atom. The number of anilines is 2. The van der Waals surface area contributed by atoms with Crippen LogP contribution in [0.2, 0.25) is 0 Å². The Balaban J connectivity index is 1.65. The first-order chi connectivity index (χ1) is 10.7. The van der Waals surface area contributed by atoms with Crippen LogP contribution in [0.5, 0.6) is 0 Å². The van der Waals surface area contributed by atoms with Gasteiger partial charge in [-0.05, 0) is 24.3 Å². The molecule has 2 aromatic rings. The Bertz CT molecular complexity index is 640. The summed E-state index contributed by atoms with van der Waals surface area (Å²) in [5.41, 5.74) is 1.16. The van der Waals surface area contributed by atoms with Crippen LogP contribution in [0, 0.1) is 0 Å². The first-order valence-electron chi connectivity index (χ1n) is 6.94. The fourth-order valence-electron chi connectivity index (χ4n) is 2.12. The molecule has 0 bridgehead atoms. The number of benzene rings is 1. The van der Waals surface area contributed by atoms with E-state index in [1.165, 1.54) is 0 Å². The largest absolute Gasteiger partial charge is 0.378 e. The van der Waals surface area contributed by atoms with Gasteiger partial charge in [-0.15, -0.1) is 0 Å². The molecule has 1 fully saturated rings. The number of aromatic nitrogens is 2. The zero-order valence-corrected chi connectivity index (χ0v) is 13.4. The molecule has 22 heavy (non-hydrogen) atoms. The zero-order valence-electron chi connectivity index (χ0n) is 11.8. The maximum atomic E-state index is 12.1. The fourth-order valence-corrected chi connectivity index (χ4v) is 2.38. The number of hydrogen-bond donors (Lipinski definition) is 1. The summed E-state index contributed by atoms with van der Waals surface area (Å²) < 4.78 is 6.23. The molecule has 0 radical (unpaired) electrons. The molecule has 1 aromatic heterocycles. The normalized spacial score (nSPS) is 14.7. The van der Waals surface area contributed by atoms with Crippen LogP contribution in [-0.2, 0) is 4.74 Å². The lowest BCUT2D eigenvalue weighted by atomic mass is 10.2. The first kappa shape index (κ1) is 14.9. The summed E-state index contributed by atoms with van der Waals surface area (Å²) in [5.74, 6) is 0.472. The van der Waals surface area contributed by atoms with Crippen LogP contribution in [0.1, 0.15) is 10.4 Å². The van der Waals surface area contributed by atoms with Crippen LogP contribution in [0.3, 0.4) is 0 Å². The third-order valence-corrected chi connectivity index (χ3v) is 3.83. The van der Waals surface area contributed by atoms with Gasteiger partial charge in [0.25, 0.3) is 5.91 Å². The van der Waals surface area contributed by atoms with Crippen molar-refractivity contribution in [3.63, 3.8) is 0 Å². The van der Waals surface area contributed by atoms with Crippen molar-refractivity contribution in [2.24, 2.45) is 0 Å². The third kappa shape index (κ3) is 3.61. The van der Waals surface area contributed by atoms with Crippen molar-refractivity contribution in [3.05, 3.63) is 46.7 Å². The van der Waals surface area contributed by atoms with E-state index in [-0.39, 0.29) is 5.91 Å². The molecule has 0 spiro atoms. The van der Waals surface area contributed by atoms with E-state index in [1.807, 2.05) is 12.1 Å². The summed E-state index contributed by atoms with van der Waals surface area (Å²) in [6.07, 6.45) is 3.24. The van der Waals surface area contributed by atoms with E-state index in [1.54, 1.807) is 24.5 Å². The van der Waals surface area contributed by atoms with E-state index in [4.69, 9.17) is 4.74 Å². The highest BCUT2D eigenvalue weighted by molar-refractivity contribution is 9.10. The minimum atomic E-state index is -0.185. The molecule has 6 nitrogen and oxygen atoms in total. The summed E-state index contributed by atoms with van der Waals surface area (Å²) >= 11 is 3.34. The van der Waals surface area contributed by atoms with Gasteiger partial charge in [0.2, 0.25) is 5.95 Å². The number of hydrogen-bond acceptors (Lipinski definition) is 5. The van der Waals surface area contributed by atoms with E-state index in [2.05, 4.69) is 36.1 Å². The Morgan fingerprint density at radius 2 is 1.77 bits per heavy atom. The van der Waals surface area contributed by atoms with Gasteiger partial charge in [0.1, 0.15) is 0 Å². The van der Waals surface area contributed by atoms with Crippen molar-refractivity contribution >= 4 is 33.5 Å². The molecular weight excluding hydrogens is 348 g/mol. The maximum absolute atomic E-state index is 12.1. The highest BCUT2D eigenvalue weighted by Gasteiger charge is 2.14. The summed E-state index contributed by atoms with van der Waals surface area (Å²) in [6.45, 7) is 2.94. The molecule has 1 amide bonds. The number of ether oxygens (including phenoxy) is 1. The van der Waals surface area contributed by atoms with Gasteiger partial charge in [0.15, 0.2) is 0 Å². The van der Waals surface area contributed by atoms with Crippen molar-refractivity contribution in [3.8, 4) is 0 Å². The summed E-state index contributed by atoms with van der Waals surface area (Å²) in [6, 6.07) is 7.16. The average Bonchev–Trinajstić information content (AvgIpc) is 2.57. The predicted octanol–water partition coefficient (Wildman–Crippen LogP) is 2.33. The molecule has 0 unspecified atom stereocenters. The Kier molecular flexibility index (Phi) is 4.65. The smallest absolute Gasteiger partial charge is 0.255 e. The van der Waals surface area contributed by atoms with Gasteiger partial charge in [-0.1, -0.05) is 15.9 Å². The summed E-state index contributed by atoms with van der Waals surface area (Å²) in [4.78, 5) is 22.8. The summed E-state index contributed by atoms with van der Waals surface area (Å²) in [7, 11) is 0. The van der Waals surface area contributed by atoms with Crippen molar-refractivity contribution in [2.45, 2.75) is 0 Å². The molecule has 1 saturated heterocycles. The molecule has 1 aromatic carbocycles. The number of rotatable bonds is 3. The Labute approximate surface area is 136 Å². The Morgan fingerprint density at radius 3 is 2.41 bits per heavy atom. The molecule has 1 aliphatic heterocycles. The molecule has 0 aliphatic carbocycles. The van der Waals surface area contributed by atoms with Gasteiger partial charge in [-0.3, -0.25) is 4.79 Å². The van der Waals surface area contributed by atoms with Crippen LogP contribution < -0.4 is 10.2 Å². The highest BCUT2D eigenvalue weighted by Crippen LogP contribution is 2.14. The lowest BCUT2D eigenvalue weighted by Gasteiger charge is -2.26. The second kappa shape index (κ2) is 6.85. The van der Waals surface area contributed by atoms with Gasteiger partial charge in [0.05, 0.1) is 31.3 Å². The molecule has 7 heteroatoms. The van der Waals surface area contributed by atoms with Gasteiger partial charge >= 0.3 is 0 Å². The molecule has 0 saturated carbocycles. The molecule has 114 valence electrons. The number of amides is 1. The van der Waals surface area contributed by atoms with Crippen molar-refractivity contribution < 1.29 is 9.53 Å². The third-order valence-electron chi connectivity index (χ3n) is 3.30. The molecular formula is C15H15BrN4O2. The van der Waals surface area contributed by atoms with Crippen LogP contribution in [0.15, 0.2) is 41.1 Å². The quantitative estimate of drug-likeness (QED) is 0.907. The Hall–Kier alpha value is -1.99. The van der Waals surface area contributed by atoms with Crippen LogP contribution >= 0.6 is 15.9 Å². The molecule has 0 atom stereocenters. The zero-order chi connectivity index (χ0) is 15.4. The predicted molar refractivity (Wildman–Crippen MR) is 87.2 cm³/mol. The van der Waals surface area contributed by atoms with E-state index in [9.17, 15) is 4.79 Å². The van der Waals surface area contributed by atoms with E-state index < -0.39 is 0 Å². The number of carbonyl (C=O) groups is 1. The highest BCUT2D eigenvalue weighted by atomic mass is 79.9. The van der Waals surface area contributed by atoms with Gasteiger partial charge in [-0.2, -0.15) is 0 Å². The molecule has 1 aliphatic rings. The molecule has 3 rings (SSSR count). The van der Waals surface area contributed by atoms with Crippen LogP contribution in [-0.4, -0.2) is 42.2 Å². The van der Waals surface area contributed by atoms with Crippen LogP contribution in [0.25, 0.3) is 0 Å². The average molecular weight is 363 g/mol. The second-order valence-electron chi connectivity index (χ2n) is 4.83. The fraction of sp³-hybridized carbons (Fsp3) is 0.267. The summed E-state index contributed by atoms with van der Waals surface area (Å²) in [5, 5.41) is 2.79. The van der Waals surface area contributed by atoms with E-state index in [0.717, 1.165) is 17.6 Å².